The van der Waals surface area contributed by atoms with Crippen molar-refractivity contribution < 1.29 is 0 Å². The van der Waals surface area contributed by atoms with Crippen LogP contribution in [0.25, 0.3) is 0 Å². The fraction of sp³-hybridized carbons (Fsp3) is 0.533. The van der Waals surface area contributed by atoms with Crippen LogP contribution < -0.4 is 5.32 Å². The standard InChI is InChI=1S/C15H20ClN3/c1-19-9-6-15(12-17,7-10-19)18-8-5-13-3-2-4-14(16)11-13/h2-4,11,18H,5-10H2,1H3. The molecule has 1 heterocycles. The minimum Gasteiger partial charge on any atom is -0.306 e. The molecule has 0 amide bonds. The van der Waals surface area contributed by atoms with Gasteiger partial charge in [0.2, 0.25) is 0 Å². The van der Waals surface area contributed by atoms with E-state index in [0.717, 1.165) is 43.9 Å². The summed E-state index contributed by atoms with van der Waals surface area (Å²) < 4.78 is 0. The van der Waals surface area contributed by atoms with E-state index in [2.05, 4.69) is 29.4 Å². The number of benzene rings is 1. The van der Waals surface area contributed by atoms with Gasteiger partial charge in [-0.05, 0) is 44.0 Å². The smallest absolute Gasteiger partial charge is 0.109 e. The van der Waals surface area contributed by atoms with Gasteiger partial charge in [0.05, 0.1) is 6.07 Å². The highest BCUT2D eigenvalue weighted by atomic mass is 35.5. The van der Waals surface area contributed by atoms with Crippen LogP contribution in [0, 0.1) is 11.3 Å². The first-order valence-electron chi connectivity index (χ1n) is 6.73. The number of nitrogens with zero attached hydrogens (tertiary/aromatic N) is 2. The first kappa shape index (κ1) is 14.3. The number of halogens is 1. The zero-order valence-electron chi connectivity index (χ0n) is 11.3. The van der Waals surface area contributed by atoms with Gasteiger partial charge in [-0.3, -0.25) is 5.32 Å². The van der Waals surface area contributed by atoms with E-state index in [4.69, 9.17) is 11.6 Å². The molecule has 102 valence electrons. The number of hydrogen-bond acceptors (Lipinski definition) is 3. The van der Waals surface area contributed by atoms with E-state index in [1.54, 1.807) is 0 Å². The average molecular weight is 278 g/mol. The van der Waals surface area contributed by atoms with Crippen LogP contribution in [0.5, 0.6) is 0 Å². The minimum atomic E-state index is -0.342. The zero-order valence-corrected chi connectivity index (χ0v) is 12.1. The van der Waals surface area contributed by atoms with E-state index in [1.165, 1.54) is 5.56 Å². The van der Waals surface area contributed by atoms with Gasteiger partial charge in [0, 0.05) is 24.7 Å². The molecule has 1 N–H and O–H groups in total. The molecule has 1 aromatic carbocycles. The summed E-state index contributed by atoms with van der Waals surface area (Å²) >= 11 is 5.96. The monoisotopic (exact) mass is 277 g/mol. The van der Waals surface area contributed by atoms with Crippen LogP contribution in [-0.4, -0.2) is 37.1 Å². The fourth-order valence-corrected chi connectivity index (χ4v) is 2.68. The third-order valence-electron chi connectivity index (χ3n) is 3.82. The third-order valence-corrected chi connectivity index (χ3v) is 4.06. The molecule has 0 radical (unpaired) electrons. The first-order chi connectivity index (χ1) is 9.13. The molecule has 1 aromatic rings. The van der Waals surface area contributed by atoms with Crippen molar-refractivity contribution >= 4 is 11.6 Å². The molecule has 0 unspecified atom stereocenters. The normalized spacial score (nSPS) is 19.0. The summed E-state index contributed by atoms with van der Waals surface area (Å²) in [4.78, 5) is 2.27. The number of hydrogen-bond donors (Lipinski definition) is 1. The highest BCUT2D eigenvalue weighted by molar-refractivity contribution is 6.30. The van der Waals surface area contributed by atoms with Crippen molar-refractivity contribution in [2.45, 2.75) is 24.8 Å². The van der Waals surface area contributed by atoms with E-state index in [9.17, 15) is 5.26 Å². The van der Waals surface area contributed by atoms with Gasteiger partial charge in [0.1, 0.15) is 5.54 Å². The summed E-state index contributed by atoms with van der Waals surface area (Å²) in [6.07, 6.45) is 2.70. The third kappa shape index (κ3) is 3.94. The summed E-state index contributed by atoms with van der Waals surface area (Å²) in [6, 6.07) is 10.4. The molecule has 4 heteroatoms. The second-order valence-electron chi connectivity index (χ2n) is 5.30. The molecule has 1 aliphatic heterocycles. The first-order valence-corrected chi connectivity index (χ1v) is 7.11. The quantitative estimate of drug-likeness (QED) is 0.919. The van der Waals surface area contributed by atoms with Crippen LogP contribution in [-0.2, 0) is 6.42 Å². The predicted molar refractivity (Wildman–Crippen MR) is 78.2 cm³/mol. The Morgan fingerprint density at radius 1 is 1.42 bits per heavy atom. The molecular formula is C15H20ClN3. The van der Waals surface area contributed by atoms with Crippen molar-refractivity contribution in [2.24, 2.45) is 0 Å². The summed E-state index contributed by atoms with van der Waals surface area (Å²) in [5.74, 6) is 0. The molecule has 0 aromatic heterocycles. The average Bonchev–Trinajstić information content (AvgIpc) is 2.42. The highest BCUT2D eigenvalue weighted by Gasteiger charge is 2.32. The number of piperidine rings is 1. The van der Waals surface area contributed by atoms with Crippen LogP contribution in [0.1, 0.15) is 18.4 Å². The zero-order chi connectivity index (χ0) is 13.7. The lowest BCUT2D eigenvalue weighted by molar-refractivity contribution is 0.196. The molecule has 0 spiro atoms. The Hall–Kier alpha value is -1.08. The molecule has 1 saturated heterocycles. The maximum absolute atomic E-state index is 9.42. The fourth-order valence-electron chi connectivity index (χ4n) is 2.47. The molecule has 3 nitrogen and oxygen atoms in total. The van der Waals surface area contributed by atoms with Crippen LogP contribution in [0.3, 0.4) is 0 Å². The minimum absolute atomic E-state index is 0.342. The molecule has 0 atom stereocenters. The Kier molecular flexibility index (Phi) is 4.81. The number of nitrogens with one attached hydrogen (secondary N) is 1. The van der Waals surface area contributed by atoms with E-state index in [0.29, 0.717) is 0 Å². The molecule has 0 bridgehead atoms. The van der Waals surface area contributed by atoms with Crippen LogP contribution >= 0.6 is 11.6 Å². The lowest BCUT2D eigenvalue weighted by Gasteiger charge is -2.36. The molecule has 1 aliphatic rings. The number of likely N-dealkylation sites (tertiary alicyclic amines) is 1. The van der Waals surface area contributed by atoms with Crippen LogP contribution in [0.2, 0.25) is 5.02 Å². The van der Waals surface area contributed by atoms with Gasteiger partial charge < -0.3 is 4.90 Å². The molecule has 19 heavy (non-hydrogen) atoms. The van der Waals surface area contributed by atoms with Crippen molar-refractivity contribution in [3.8, 4) is 6.07 Å². The number of nitriles is 1. The van der Waals surface area contributed by atoms with Gasteiger partial charge in [-0.25, -0.2) is 0 Å². The maximum Gasteiger partial charge on any atom is 0.109 e. The van der Waals surface area contributed by atoms with Gasteiger partial charge in [0.25, 0.3) is 0 Å². The Labute approximate surface area is 120 Å². The summed E-state index contributed by atoms with van der Waals surface area (Å²) in [6.45, 7) is 2.78. The molecule has 0 saturated carbocycles. The summed E-state index contributed by atoms with van der Waals surface area (Å²) in [7, 11) is 2.10. The second-order valence-corrected chi connectivity index (χ2v) is 5.74. The molecule has 0 aliphatic carbocycles. The maximum atomic E-state index is 9.42. The SMILES string of the molecule is CN1CCC(C#N)(NCCc2cccc(Cl)c2)CC1. The lowest BCUT2D eigenvalue weighted by Crippen LogP contribution is -2.52. The Bertz CT molecular complexity index is 459. The van der Waals surface area contributed by atoms with Gasteiger partial charge >= 0.3 is 0 Å². The number of rotatable bonds is 4. The van der Waals surface area contributed by atoms with E-state index in [-0.39, 0.29) is 5.54 Å². The largest absolute Gasteiger partial charge is 0.306 e. The topological polar surface area (TPSA) is 39.1 Å². The highest BCUT2D eigenvalue weighted by Crippen LogP contribution is 2.20. The Morgan fingerprint density at radius 2 is 2.16 bits per heavy atom. The Balaban J connectivity index is 1.86. The van der Waals surface area contributed by atoms with E-state index >= 15 is 0 Å². The second kappa shape index (κ2) is 6.38. The van der Waals surface area contributed by atoms with Crippen molar-refractivity contribution in [2.75, 3.05) is 26.7 Å². The molecule has 2 rings (SSSR count). The predicted octanol–water partition coefficient (Wildman–Crippen LogP) is 2.46. The van der Waals surface area contributed by atoms with E-state index < -0.39 is 0 Å². The van der Waals surface area contributed by atoms with Gasteiger partial charge in [-0.1, -0.05) is 23.7 Å². The van der Waals surface area contributed by atoms with Gasteiger partial charge in [0.15, 0.2) is 0 Å². The summed E-state index contributed by atoms with van der Waals surface area (Å²) in [5.41, 5.74) is 0.867. The molecule has 1 fully saturated rings. The van der Waals surface area contributed by atoms with Gasteiger partial charge in [-0.15, -0.1) is 0 Å². The molecular weight excluding hydrogens is 258 g/mol. The van der Waals surface area contributed by atoms with Crippen molar-refractivity contribution in [1.82, 2.24) is 10.2 Å². The van der Waals surface area contributed by atoms with Gasteiger partial charge in [-0.2, -0.15) is 5.26 Å². The van der Waals surface area contributed by atoms with Crippen LogP contribution in [0.4, 0.5) is 0 Å². The van der Waals surface area contributed by atoms with Crippen LogP contribution in [0.15, 0.2) is 24.3 Å². The van der Waals surface area contributed by atoms with Crippen molar-refractivity contribution in [3.05, 3.63) is 34.9 Å². The van der Waals surface area contributed by atoms with Crippen molar-refractivity contribution in [3.63, 3.8) is 0 Å². The van der Waals surface area contributed by atoms with E-state index in [1.807, 2.05) is 18.2 Å². The lowest BCUT2D eigenvalue weighted by atomic mass is 9.89. The summed E-state index contributed by atoms with van der Waals surface area (Å²) in [5, 5.41) is 13.6. The Morgan fingerprint density at radius 3 is 2.79 bits per heavy atom. The van der Waals surface area contributed by atoms with Crippen molar-refractivity contribution in [1.29, 1.82) is 5.26 Å².